The van der Waals surface area contributed by atoms with Gasteiger partial charge in [0, 0.05) is 45.4 Å². The van der Waals surface area contributed by atoms with E-state index in [0.29, 0.717) is 28.6 Å². The molecule has 10 aromatic rings. The molecule has 0 aliphatic carbocycles. The maximum absolute atomic E-state index is 9.47. The molecule has 10 rings (SSSR count). The Bertz CT molecular complexity index is 3080. The van der Waals surface area contributed by atoms with Gasteiger partial charge in [0.05, 0.1) is 40.0 Å². The first-order chi connectivity index (χ1) is 29.1. The Labute approximate surface area is 340 Å². The second kappa shape index (κ2) is 14.9. The fourth-order valence-electron chi connectivity index (χ4n) is 7.67. The summed E-state index contributed by atoms with van der Waals surface area (Å²) in [6.07, 6.45) is 3.65. The van der Waals surface area contributed by atoms with Gasteiger partial charge in [-0.1, -0.05) is 109 Å². The summed E-state index contributed by atoms with van der Waals surface area (Å²) in [4.78, 5) is 19.8. The lowest BCUT2D eigenvalue weighted by molar-refractivity contribution is 1.06. The quantitative estimate of drug-likeness (QED) is 0.160. The molecule has 7 nitrogen and oxygen atoms in total. The molecule has 0 amide bonds. The third-order valence-corrected chi connectivity index (χ3v) is 10.6. The van der Waals surface area contributed by atoms with E-state index in [-0.39, 0.29) is 0 Å². The lowest BCUT2D eigenvalue weighted by atomic mass is 9.99. The summed E-state index contributed by atoms with van der Waals surface area (Å²) in [6.45, 7) is 0. The molecule has 3 heterocycles. The van der Waals surface area contributed by atoms with E-state index < -0.39 is 0 Å². The molecule has 59 heavy (non-hydrogen) atoms. The first kappa shape index (κ1) is 34.9. The summed E-state index contributed by atoms with van der Waals surface area (Å²) >= 11 is 0. The lowest BCUT2D eigenvalue weighted by Gasteiger charge is -2.16. The van der Waals surface area contributed by atoms with Gasteiger partial charge in [0.1, 0.15) is 0 Å². The molecule has 0 aliphatic heterocycles. The maximum Gasteiger partial charge on any atom is 0.166 e. The molecule has 0 saturated heterocycles. The Kier molecular flexibility index (Phi) is 8.80. The Morgan fingerprint density at radius 2 is 0.847 bits per heavy atom. The second-order valence-corrected chi connectivity index (χ2v) is 14.2. The van der Waals surface area contributed by atoms with E-state index >= 15 is 0 Å². The smallest absolute Gasteiger partial charge is 0.166 e. The molecule has 274 valence electrons. The highest BCUT2D eigenvalue weighted by Crippen LogP contribution is 2.41. The molecular weight excluding hydrogens is 723 g/mol. The van der Waals surface area contributed by atoms with Crippen molar-refractivity contribution in [3.8, 4) is 85.4 Å². The van der Waals surface area contributed by atoms with Crippen LogP contribution in [0.3, 0.4) is 0 Å². The summed E-state index contributed by atoms with van der Waals surface area (Å²) in [7, 11) is 0. The number of nitrogens with zero attached hydrogens (tertiary/aromatic N) is 7. The highest BCUT2D eigenvalue weighted by atomic mass is 15.1. The molecule has 0 unspecified atom stereocenters. The van der Waals surface area contributed by atoms with Gasteiger partial charge in [-0.05, 0) is 94.5 Å². The molecule has 0 radical (unpaired) electrons. The number of nitriles is 2. The summed E-state index contributed by atoms with van der Waals surface area (Å²) in [6, 6.07) is 63.3. The van der Waals surface area contributed by atoms with Gasteiger partial charge in [-0.2, -0.15) is 10.5 Å². The number of pyridine rings is 1. The Hall–Kier alpha value is -8.52. The fourth-order valence-corrected chi connectivity index (χ4v) is 7.67. The van der Waals surface area contributed by atoms with Gasteiger partial charge in [0.25, 0.3) is 0 Å². The van der Waals surface area contributed by atoms with E-state index in [1.807, 2.05) is 121 Å². The van der Waals surface area contributed by atoms with Crippen LogP contribution >= 0.6 is 0 Å². The molecule has 7 heteroatoms. The van der Waals surface area contributed by atoms with Gasteiger partial charge in [0.15, 0.2) is 17.5 Å². The van der Waals surface area contributed by atoms with Crippen LogP contribution in [-0.2, 0) is 0 Å². The van der Waals surface area contributed by atoms with Crippen LogP contribution in [0.1, 0.15) is 11.1 Å². The predicted octanol–water partition coefficient (Wildman–Crippen LogP) is 12.1. The highest BCUT2D eigenvalue weighted by molar-refractivity contribution is 6.12. The molecule has 0 N–H and O–H groups in total. The summed E-state index contributed by atoms with van der Waals surface area (Å²) < 4.78 is 2.30. The summed E-state index contributed by atoms with van der Waals surface area (Å²) in [5, 5.41) is 21.1. The maximum atomic E-state index is 9.47. The van der Waals surface area contributed by atoms with Gasteiger partial charge in [-0.25, -0.2) is 15.0 Å². The lowest BCUT2D eigenvalue weighted by Crippen LogP contribution is -2.04. The molecule has 0 atom stereocenters. The Balaban J connectivity index is 1.26. The van der Waals surface area contributed by atoms with E-state index in [0.717, 1.165) is 77.6 Å². The minimum absolute atomic E-state index is 0.539. The van der Waals surface area contributed by atoms with Crippen molar-refractivity contribution in [3.63, 3.8) is 0 Å². The topological polar surface area (TPSA) is 104 Å². The van der Waals surface area contributed by atoms with Gasteiger partial charge < -0.3 is 4.57 Å². The SMILES string of the molecule is N#Cc1ccc(-c2ccc3c(c2)c2cc(-c4ccc(C#N)cc4)ccc2n3-c2ccc(-c3cccnc3)cc2-c2nc(-c3ccccc3)nc(-c3ccccc3)n2)cc1. The fraction of sp³-hybridized carbons (Fsp3) is 0. The zero-order valence-corrected chi connectivity index (χ0v) is 31.5. The van der Waals surface area contributed by atoms with Crippen LogP contribution in [-0.4, -0.2) is 24.5 Å². The van der Waals surface area contributed by atoms with Crippen molar-refractivity contribution in [1.29, 1.82) is 10.5 Å². The highest BCUT2D eigenvalue weighted by Gasteiger charge is 2.21. The van der Waals surface area contributed by atoms with Crippen molar-refractivity contribution in [2.24, 2.45) is 0 Å². The van der Waals surface area contributed by atoms with E-state index in [2.05, 4.69) is 82.4 Å². The number of rotatable bonds is 7. The van der Waals surface area contributed by atoms with Gasteiger partial charge in [-0.3, -0.25) is 4.98 Å². The van der Waals surface area contributed by atoms with Crippen molar-refractivity contribution >= 4 is 21.8 Å². The number of fused-ring (bicyclic) bond motifs is 3. The third kappa shape index (κ3) is 6.55. The Morgan fingerprint density at radius 3 is 1.34 bits per heavy atom. The van der Waals surface area contributed by atoms with Crippen molar-refractivity contribution in [2.45, 2.75) is 0 Å². The van der Waals surface area contributed by atoms with Crippen molar-refractivity contribution in [2.75, 3.05) is 0 Å². The second-order valence-electron chi connectivity index (χ2n) is 14.2. The van der Waals surface area contributed by atoms with Crippen LogP contribution in [0.25, 0.3) is 95.0 Å². The standard InChI is InChI=1S/C52H31N7/c53-31-34-13-17-36(18-14-34)40-21-24-47-44(28-40)45-29-41(37-19-15-35(32-54)16-20-37)22-25-48(45)59(47)49-26-23-42(43-12-7-27-55-33-43)30-46(49)52-57-50(38-8-3-1-4-9-38)56-51(58-52)39-10-5-2-6-11-39/h1-30,33H. The van der Waals surface area contributed by atoms with E-state index in [1.165, 1.54) is 0 Å². The first-order valence-electron chi connectivity index (χ1n) is 19.1. The van der Waals surface area contributed by atoms with E-state index in [1.54, 1.807) is 6.20 Å². The van der Waals surface area contributed by atoms with E-state index in [4.69, 9.17) is 15.0 Å². The molecular formula is C52H31N7. The van der Waals surface area contributed by atoms with Crippen molar-refractivity contribution in [3.05, 3.63) is 199 Å². The van der Waals surface area contributed by atoms with Gasteiger partial charge in [0.2, 0.25) is 0 Å². The van der Waals surface area contributed by atoms with Crippen molar-refractivity contribution < 1.29 is 0 Å². The van der Waals surface area contributed by atoms with E-state index in [9.17, 15) is 10.5 Å². The summed E-state index contributed by atoms with van der Waals surface area (Å²) in [5.41, 5.74) is 12.8. The molecule has 0 fully saturated rings. The number of hydrogen-bond acceptors (Lipinski definition) is 6. The van der Waals surface area contributed by atoms with Crippen LogP contribution in [0.2, 0.25) is 0 Å². The first-order valence-corrected chi connectivity index (χ1v) is 19.1. The molecule has 3 aromatic heterocycles. The molecule has 0 aliphatic rings. The van der Waals surface area contributed by atoms with Crippen molar-refractivity contribution in [1.82, 2.24) is 24.5 Å². The molecule has 0 spiro atoms. The van der Waals surface area contributed by atoms with Crippen LogP contribution in [0, 0.1) is 22.7 Å². The average molecular weight is 754 g/mol. The number of aromatic nitrogens is 5. The zero-order chi connectivity index (χ0) is 39.7. The zero-order valence-electron chi connectivity index (χ0n) is 31.5. The average Bonchev–Trinajstić information content (AvgIpc) is 3.65. The van der Waals surface area contributed by atoms with Crippen LogP contribution in [0.15, 0.2) is 188 Å². The minimum Gasteiger partial charge on any atom is -0.308 e. The van der Waals surface area contributed by atoms with Gasteiger partial charge >= 0.3 is 0 Å². The third-order valence-electron chi connectivity index (χ3n) is 10.6. The van der Waals surface area contributed by atoms with Crippen LogP contribution < -0.4 is 0 Å². The predicted molar refractivity (Wildman–Crippen MR) is 234 cm³/mol. The summed E-state index contributed by atoms with van der Waals surface area (Å²) in [5.74, 6) is 1.69. The van der Waals surface area contributed by atoms with Crippen LogP contribution in [0.5, 0.6) is 0 Å². The monoisotopic (exact) mass is 753 g/mol. The van der Waals surface area contributed by atoms with Crippen LogP contribution in [0.4, 0.5) is 0 Å². The Morgan fingerprint density at radius 1 is 0.390 bits per heavy atom. The van der Waals surface area contributed by atoms with Gasteiger partial charge in [-0.15, -0.1) is 0 Å². The number of benzene rings is 7. The molecule has 0 bridgehead atoms. The molecule has 7 aromatic carbocycles. The largest absolute Gasteiger partial charge is 0.308 e. The number of hydrogen-bond donors (Lipinski definition) is 0. The molecule has 0 saturated carbocycles. The minimum atomic E-state index is 0.539. The normalized spacial score (nSPS) is 11.0.